The van der Waals surface area contributed by atoms with E-state index >= 15 is 0 Å². The molecule has 1 aliphatic heterocycles. The number of unbranched alkanes of at least 4 members (excludes halogenated alkanes) is 1. The van der Waals surface area contributed by atoms with Crippen LogP contribution in [0, 0.1) is 5.92 Å². The van der Waals surface area contributed by atoms with Crippen LogP contribution < -0.4 is 14.8 Å². The van der Waals surface area contributed by atoms with Gasteiger partial charge >= 0.3 is 0 Å². The van der Waals surface area contributed by atoms with Gasteiger partial charge in [0.25, 0.3) is 0 Å². The third-order valence-electron chi connectivity index (χ3n) is 5.15. The van der Waals surface area contributed by atoms with Crippen LogP contribution >= 0.6 is 0 Å². The minimum atomic E-state index is -0.0965. The zero-order valence-electron chi connectivity index (χ0n) is 15.1. The summed E-state index contributed by atoms with van der Waals surface area (Å²) < 4.78 is 16.4. The number of ether oxygens (including phenoxy) is 3. The van der Waals surface area contributed by atoms with Crippen LogP contribution in [0.15, 0.2) is 18.2 Å². The van der Waals surface area contributed by atoms with Gasteiger partial charge in [0.1, 0.15) is 13.2 Å². The molecule has 1 atom stereocenters. The highest BCUT2D eigenvalue weighted by Gasteiger charge is 2.32. The van der Waals surface area contributed by atoms with Crippen molar-refractivity contribution >= 4 is 5.91 Å². The Morgan fingerprint density at radius 2 is 1.96 bits per heavy atom. The topological polar surface area (TPSA) is 56.8 Å². The number of methoxy groups -OCH3 is 1. The van der Waals surface area contributed by atoms with Gasteiger partial charge in [-0.1, -0.05) is 18.9 Å². The molecule has 138 valence electrons. The van der Waals surface area contributed by atoms with Crippen LogP contribution in [0.4, 0.5) is 0 Å². The first-order valence-corrected chi connectivity index (χ1v) is 9.46. The van der Waals surface area contributed by atoms with Gasteiger partial charge in [0.15, 0.2) is 11.5 Å². The molecule has 1 aromatic carbocycles. The van der Waals surface area contributed by atoms with E-state index in [0.29, 0.717) is 25.7 Å². The second-order valence-electron chi connectivity index (χ2n) is 6.92. The number of amides is 1. The van der Waals surface area contributed by atoms with E-state index < -0.39 is 0 Å². The van der Waals surface area contributed by atoms with Gasteiger partial charge in [-0.2, -0.15) is 0 Å². The summed E-state index contributed by atoms with van der Waals surface area (Å²) in [6.45, 7) is 2.59. The van der Waals surface area contributed by atoms with Crippen molar-refractivity contribution in [2.75, 3.05) is 33.5 Å². The fourth-order valence-corrected chi connectivity index (χ4v) is 3.87. The fourth-order valence-electron chi connectivity index (χ4n) is 3.87. The predicted molar refractivity (Wildman–Crippen MR) is 96.3 cm³/mol. The summed E-state index contributed by atoms with van der Waals surface area (Å²) in [6, 6.07) is 5.97. The summed E-state index contributed by atoms with van der Waals surface area (Å²) in [5, 5.41) is 3.13. The zero-order valence-corrected chi connectivity index (χ0v) is 15.1. The van der Waals surface area contributed by atoms with Crippen LogP contribution in [0.2, 0.25) is 0 Å². The van der Waals surface area contributed by atoms with Gasteiger partial charge in [-0.3, -0.25) is 4.79 Å². The van der Waals surface area contributed by atoms with Crippen LogP contribution in [0.1, 0.15) is 50.0 Å². The van der Waals surface area contributed by atoms with Crippen molar-refractivity contribution < 1.29 is 19.0 Å². The molecule has 0 saturated heterocycles. The number of hydrogen-bond donors (Lipinski definition) is 1. The first kappa shape index (κ1) is 18.1. The van der Waals surface area contributed by atoms with Gasteiger partial charge in [0.05, 0.1) is 5.92 Å². The van der Waals surface area contributed by atoms with Crippen molar-refractivity contribution in [1.29, 1.82) is 0 Å². The Bertz CT molecular complexity index is 569. The summed E-state index contributed by atoms with van der Waals surface area (Å²) >= 11 is 0. The van der Waals surface area contributed by atoms with Crippen LogP contribution in [0.25, 0.3) is 0 Å². The van der Waals surface area contributed by atoms with E-state index in [9.17, 15) is 4.79 Å². The molecule has 1 aliphatic carbocycles. The molecule has 1 saturated carbocycles. The maximum Gasteiger partial charge on any atom is 0.227 e. The van der Waals surface area contributed by atoms with Crippen molar-refractivity contribution in [2.45, 2.75) is 44.4 Å². The van der Waals surface area contributed by atoms with Crippen LogP contribution in [0.3, 0.4) is 0 Å². The average Bonchev–Trinajstić information content (AvgIpc) is 3.16. The number of hydrogen-bond acceptors (Lipinski definition) is 4. The van der Waals surface area contributed by atoms with Crippen molar-refractivity contribution in [1.82, 2.24) is 5.32 Å². The molecule has 1 N–H and O–H groups in total. The number of fused-ring (bicyclic) bond motifs is 1. The molecule has 0 aromatic heterocycles. The standard InChI is InChI=1S/C20H29NO4/c1-23-11-5-4-10-21-20(22)19(15-6-2-3-7-15)16-8-9-17-18(14-16)25-13-12-24-17/h8-9,14-15,19H,2-7,10-13H2,1H3,(H,21,22). The molecule has 1 fully saturated rings. The first-order valence-electron chi connectivity index (χ1n) is 9.46. The summed E-state index contributed by atoms with van der Waals surface area (Å²) in [7, 11) is 1.70. The highest BCUT2D eigenvalue weighted by atomic mass is 16.6. The number of rotatable bonds is 8. The molecule has 5 heteroatoms. The molecule has 1 heterocycles. The lowest BCUT2D eigenvalue weighted by Gasteiger charge is -2.25. The van der Waals surface area contributed by atoms with E-state index in [1.54, 1.807) is 7.11 Å². The highest BCUT2D eigenvalue weighted by molar-refractivity contribution is 5.84. The molecule has 3 rings (SSSR count). The second kappa shape index (κ2) is 9.09. The van der Waals surface area contributed by atoms with Crippen molar-refractivity contribution in [3.8, 4) is 11.5 Å². The smallest absolute Gasteiger partial charge is 0.227 e. The van der Waals surface area contributed by atoms with Crippen molar-refractivity contribution in [3.05, 3.63) is 23.8 Å². The Morgan fingerprint density at radius 3 is 2.72 bits per heavy atom. The third-order valence-corrected chi connectivity index (χ3v) is 5.15. The predicted octanol–water partition coefficient (Wildman–Crippen LogP) is 3.27. The quantitative estimate of drug-likeness (QED) is 0.733. The van der Waals surface area contributed by atoms with Crippen molar-refractivity contribution in [2.24, 2.45) is 5.92 Å². The summed E-state index contributed by atoms with van der Waals surface area (Å²) in [4.78, 5) is 12.9. The van der Waals surface area contributed by atoms with Crippen LogP contribution in [0.5, 0.6) is 11.5 Å². The molecule has 1 amide bonds. The lowest BCUT2D eigenvalue weighted by molar-refractivity contribution is -0.123. The highest BCUT2D eigenvalue weighted by Crippen LogP contribution is 2.40. The molecule has 5 nitrogen and oxygen atoms in total. The van der Waals surface area contributed by atoms with Crippen LogP contribution in [-0.2, 0) is 9.53 Å². The Kier molecular flexibility index (Phi) is 6.56. The molecule has 1 aromatic rings. The van der Waals surface area contributed by atoms with Gasteiger partial charge in [-0.15, -0.1) is 0 Å². The maximum atomic E-state index is 12.9. The third kappa shape index (κ3) is 4.66. The Hall–Kier alpha value is -1.75. The lowest BCUT2D eigenvalue weighted by Crippen LogP contribution is -2.33. The zero-order chi connectivity index (χ0) is 17.5. The molecule has 0 spiro atoms. The lowest BCUT2D eigenvalue weighted by atomic mass is 9.84. The summed E-state index contributed by atoms with van der Waals surface area (Å²) in [6.07, 6.45) is 6.58. The minimum absolute atomic E-state index is 0.0965. The Labute approximate surface area is 150 Å². The van der Waals surface area contributed by atoms with Gasteiger partial charge in [0, 0.05) is 20.3 Å². The SMILES string of the molecule is COCCCCNC(=O)C(c1ccc2c(c1)OCCO2)C1CCCC1. The maximum absolute atomic E-state index is 12.9. The monoisotopic (exact) mass is 347 g/mol. The first-order chi connectivity index (χ1) is 12.3. The minimum Gasteiger partial charge on any atom is -0.486 e. The molecule has 0 radical (unpaired) electrons. The Balaban J connectivity index is 1.70. The van der Waals surface area contributed by atoms with E-state index in [0.717, 1.165) is 49.4 Å². The number of carbonyl (C=O) groups excluding carboxylic acids is 1. The number of carbonyl (C=O) groups is 1. The molecule has 1 unspecified atom stereocenters. The van der Waals surface area contributed by atoms with Gasteiger partial charge in [0.2, 0.25) is 5.91 Å². The van der Waals surface area contributed by atoms with Gasteiger partial charge in [-0.05, 0) is 49.3 Å². The molecule has 2 aliphatic rings. The van der Waals surface area contributed by atoms with Gasteiger partial charge < -0.3 is 19.5 Å². The summed E-state index contributed by atoms with van der Waals surface area (Å²) in [5.74, 6) is 2.00. The van der Waals surface area contributed by atoms with E-state index in [4.69, 9.17) is 14.2 Å². The van der Waals surface area contributed by atoms with E-state index in [1.807, 2.05) is 18.2 Å². The second-order valence-corrected chi connectivity index (χ2v) is 6.92. The summed E-state index contributed by atoms with van der Waals surface area (Å²) in [5.41, 5.74) is 1.05. The van der Waals surface area contributed by atoms with Gasteiger partial charge in [-0.25, -0.2) is 0 Å². The van der Waals surface area contributed by atoms with E-state index in [-0.39, 0.29) is 11.8 Å². The average molecular weight is 347 g/mol. The number of benzene rings is 1. The fraction of sp³-hybridized carbons (Fsp3) is 0.650. The molecule has 0 bridgehead atoms. The molecular weight excluding hydrogens is 318 g/mol. The Morgan fingerprint density at radius 1 is 1.20 bits per heavy atom. The molecule has 25 heavy (non-hydrogen) atoms. The largest absolute Gasteiger partial charge is 0.486 e. The van der Waals surface area contributed by atoms with Crippen molar-refractivity contribution in [3.63, 3.8) is 0 Å². The van der Waals surface area contributed by atoms with E-state index in [2.05, 4.69) is 5.32 Å². The molecular formula is C20H29NO4. The van der Waals surface area contributed by atoms with Crippen LogP contribution in [-0.4, -0.2) is 39.4 Å². The normalized spacial score (nSPS) is 18.1. The van der Waals surface area contributed by atoms with E-state index in [1.165, 1.54) is 12.8 Å². The number of nitrogens with one attached hydrogen (secondary N) is 1.